The summed E-state index contributed by atoms with van der Waals surface area (Å²) >= 11 is 0. The van der Waals surface area contributed by atoms with Crippen molar-refractivity contribution in [3.63, 3.8) is 0 Å². The van der Waals surface area contributed by atoms with Crippen LogP contribution in [-0.4, -0.2) is 34.0 Å². The Labute approximate surface area is 144 Å². The van der Waals surface area contributed by atoms with Crippen LogP contribution < -0.4 is 0 Å². The van der Waals surface area contributed by atoms with Gasteiger partial charge in [-0.2, -0.15) is 4.98 Å². The smallest absolute Gasteiger partial charge is 0.253 e. The quantitative estimate of drug-likeness (QED) is 0.736. The van der Waals surface area contributed by atoms with E-state index in [1.807, 2.05) is 30.3 Å². The van der Waals surface area contributed by atoms with Crippen molar-refractivity contribution in [3.8, 4) is 0 Å². The lowest BCUT2D eigenvalue weighted by atomic mass is 9.88. The molecular weight excluding hydrogens is 321 g/mol. The first-order valence-corrected chi connectivity index (χ1v) is 8.08. The average Bonchev–Trinajstić information content (AvgIpc) is 3.32. The summed E-state index contributed by atoms with van der Waals surface area (Å²) in [5.41, 5.74) is 1.61. The highest BCUT2D eigenvalue weighted by atomic mass is 19.1. The molecule has 0 bridgehead atoms. The van der Waals surface area contributed by atoms with Crippen LogP contribution >= 0.6 is 0 Å². The molecule has 1 amide bonds. The van der Waals surface area contributed by atoms with Crippen molar-refractivity contribution >= 4 is 5.91 Å². The van der Waals surface area contributed by atoms with Crippen molar-refractivity contribution in [1.29, 1.82) is 0 Å². The minimum atomic E-state index is -0.357. The summed E-state index contributed by atoms with van der Waals surface area (Å²) in [4.78, 5) is 18.7. The standard InChI is InChI=1S/C19H16FN3O2/c20-15-8-6-14(7-9-15)19(24)23-10-16(13-4-2-1-3-5-13)17(11-23)18-21-12-25-22-18/h1-9,12,16-17H,10-11H2/t16-,17+/m1/s1. The molecule has 2 aromatic carbocycles. The maximum atomic E-state index is 13.1. The second kappa shape index (κ2) is 6.47. The highest BCUT2D eigenvalue weighted by molar-refractivity contribution is 5.94. The number of halogens is 1. The first-order valence-electron chi connectivity index (χ1n) is 8.08. The number of benzene rings is 2. The summed E-state index contributed by atoms with van der Waals surface area (Å²) in [7, 11) is 0. The van der Waals surface area contributed by atoms with Gasteiger partial charge in [-0.05, 0) is 29.8 Å². The molecule has 2 atom stereocenters. The third-order valence-electron chi connectivity index (χ3n) is 4.64. The summed E-state index contributed by atoms with van der Waals surface area (Å²) in [6.07, 6.45) is 1.31. The lowest BCUT2D eigenvalue weighted by Crippen LogP contribution is -2.28. The average molecular weight is 337 g/mol. The van der Waals surface area contributed by atoms with Crippen LogP contribution in [0.25, 0.3) is 0 Å². The van der Waals surface area contributed by atoms with Gasteiger partial charge >= 0.3 is 0 Å². The molecule has 0 saturated carbocycles. The van der Waals surface area contributed by atoms with Gasteiger partial charge in [-0.3, -0.25) is 4.79 Å². The monoisotopic (exact) mass is 337 g/mol. The third-order valence-corrected chi connectivity index (χ3v) is 4.64. The van der Waals surface area contributed by atoms with Crippen molar-refractivity contribution in [3.05, 3.63) is 83.8 Å². The van der Waals surface area contributed by atoms with Crippen LogP contribution in [0.15, 0.2) is 65.5 Å². The fraction of sp³-hybridized carbons (Fsp3) is 0.211. The van der Waals surface area contributed by atoms with Crippen LogP contribution in [0.2, 0.25) is 0 Å². The van der Waals surface area contributed by atoms with Crippen LogP contribution in [0.1, 0.15) is 33.6 Å². The fourth-order valence-corrected chi connectivity index (χ4v) is 3.39. The van der Waals surface area contributed by atoms with E-state index in [0.717, 1.165) is 5.56 Å². The largest absolute Gasteiger partial charge is 0.343 e. The van der Waals surface area contributed by atoms with Crippen LogP contribution in [0.3, 0.4) is 0 Å². The molecule has 1 fully saturated rings. The molecule has 0 unspecified atom stereocenters. The Bertz CT molecular complexity index is 850. The van der Waals surface area contributed by atoms with E-state index in [0.29, 0.717) is 24.5 Å². The van der Waals surface area contributed by atoms with E-state index in [1.165, 1.54) is 30.7 Å². The molecule has 126 valence electrons. The Morgan fingerprint density at radius 1 is 1.04 bits per heavy atom. The minimum Gasteiger partial charge on any atom is -0.343 e. The number of carbonyl (C=O) groups excluding carboxylic acids is 1. The second-order valence-electron chi connectivity index (χ2n) is 6.13. The van der Waals surface area contributed by atoms with Gasteiger partial charge in [-0.15, -0.1) is 0 Å². The van der Waals surface area contributed by atoms with Gasteiger partial charge in [0, 0.05) is 30.5 Å². The van der Waals surface area contributed by atoms with E-state index in [-0.39, 0.29) is 23.6 Å². The van der Waals surface area contributed by atoms with E-state index in [4.69, 9.17) is 4.52 Å². The molecule has 1 aromatic heterocycles. The number of rotatable bonds is 3. The van der Waals surface area contributed by atoms with Crippen LogP contribution in [0.4, 0.5) is 4.39 Å². The van der Waals surface area contributed by atoms with Gasteiger partial charge in [-0.25, -0.2) is 4.39 Å². The van der Waals surface area contributed by atoms with Crippen molar-refractivity contribution in [2.45, 2.75) is 11.8 Å². The number of hydrogen-bond donors (Lipinski definition) is 0. The Hall–Kier alpha value is -3.02. The lowest BCUT2D eigenvalue weighted by molar-refractivity contribution is 0.0788. The first kappa shape index (κ1) is 15.5. The molecule has 1 aliphatic heterocycles. The highest BCUT2D eigenvalue weighted by Crippen LogP contribution is 2.38. The molecule has 5 nitrogen and oxygen atoms in total. The molecule has 3 aromatic rings. The lowest BCUT2D eigenvalue weighted by Gasteiger charge is -2.16. The summed E-state index contributed by atoms with van der Waals surface area (Å²) in [6.45, 7) is 1.05. The van der Waals surface area contributed by atoms with Gasteiger partial charge in [0.25, 0.3) is 5.91 Å². The molecule has 6 heteroatoms. The molecule has 25 heavy (non-hydrogen) atoms. The number of hydrogen-bond acceptors (Lipinski definition) is 4. The summed E-state index contributed by atoms with van der Waals surface area (Å²) in [5, 5.41) is 3.98. The number of carbonyl (C=O) groups is 1. The minimum absolute atomic E-state index is 0.0365. The normalized spacial score (nSPS) is 20.0. The predicted molar refractivity (Wildman–Crippen MR) is 88.5 cm³/mol. The Morgan fingerprint density at radius 3 is 2.44 bits per heavy atom. The zero-order valence-electron chi connectivity index (χ0n) is 13.4. The number of nitrogens with zero attached hydrogens (tertiary/aromatic N) is 3. The Morgan fingerprint density at radius 2 is 1.76 bits per heavy atom. The third kappa shape index (κ3) is 3.03. The topological polar surface area (TPSA) is 59.2 Å². The molecule has 1 saturated heterocycles. The van der Waals surface area contributed by atoms with Gasteiger partial charge in [0.05, 0.1) is 0 Å². The van der Waals surface area contributed by atoms with Crippen LogP contribution in [-0.2, 0) is 0 Å². The Kier molecular flexibility index (Phi) is 4.01. The zero-order chi connectivity index (χ0) is 17.2. The summed E-state index contributed by atoms with van der Waals surface area (Å²) in [5.74, 6) is 0.175. The number of amides is 1. The van der Waals surface area contributed by atoms with Gasteiger partial charge < -0.3 is 9.42 Å². The van der Waals surface area contributed by atoms with Crippen LogP contribution in [0, 0.1) is 5.82 Å². The zero-order valence-corrected chi connectivity index (χ0v) is 13.4. The molecule has 2 heterocycles. The van der Waals surface area contributed by atoms with Crippen LogP contribution in [0.5, 0.6) is 0 Å². The number of aromatic nitrogens is 2. The second-order valence-corrected chi connectivity index (χ2v) is 6.13. The first-order chi connectivity index (χ1) is 12.2. The van der Waals surface area contributed by atoms with E-state index in [2.05, 4.69) is 10.1 Å². The Balaban J connectivity index is 1.63. The maximum absolute atomic E-state index is 13.1. The highest BCUT2D eigenvalue weighted by Gasteiger charge is 2.39. The van der Waals surface area contributed by atoms with E-state index >= 15 is 0 Å². The SMILES string of the molecule is O=C(c1ccc(F)cc1)N1C[C@H](c2ccccc2)[C@@H](c2ncon2)C1. The van der Waals surface area contributed by atoms with Gasteiger partial charge in [0.2, 0.25) is 6.39 Å². The van der Waals surface area contributed by atoms with E-state index in [1.54, 1.807) is 4.90 Å². The van der Waals surface area contributed by atoms with Crippen molar-refractivity contribution in [1.82, 2.24) is 15.0 Å². The van der Waals surface area contributed by atoms with Crippen molar-refractivity contribution in [2.75, 3.05) is 13.1 Å². The van der Waals surface area contributed by atoms with Crippen molar-refractivity contribution < 1.29 is 13.7 Å². The maximum Gasteiger partial charge on any atom is 0.253 e. The molecule has 1 aliphatic rings. The molecule has 0 spiro atoms. The van der Waals surface area contributed by atoms with Gasteiger partial charge in [0.15, 0.2) is 5.82 Å². The van der Waals surface area contributed by atoms with E-state index in [9.17, 15) is 9.18 Å². The molecular formula is C19H16FN3O2. The predicted octanol–water partition coefficient (Wildman–Crippen LogP) is 3.23. The van der Waals surface area contributed by atoms with Gasteiger partial charge in [0.1, 0.15) is 5.82 Å². The molecule has 4 rings (SSSR count). The van der Waals surface area contributed by atoms with Crippen molar-refractivity contribution in [2.24, 2.45) is 0 Å². The number of likely N-dealkylation sites (tertiary alicyclic amines) is 1. The van der Waals surface area contributed by atoms with E-state index < -0.39 is 0 Å². The van der Waals surface area contributed by atoms with Gasteiger partial charge in [-0.1, -0.05) is 35.5 Å². The summed E-state index contributed by atoms with van der Waals surface area (Å²) in [6, 6.07) is 15.6. The molecule has 0 N–H and O–H groups in total. The molecule has 0 radical (unpaired) electrons. The molecule has 0 aliphatic carbocycles. The summed E-state index contributed by atoms with van der Waals surface area (Å²) < 4.78 is 18.0. The fourth-order valence-electron chi connectivity index (χ4n) is 3.39.